The molecule has 3 heterocycles. The number of hydrogen-bond acceptors (Lipinski definition) is 8. The van der Waals surface area contributed by atoms with Gasteiger partial charge in [0.05, 0.1) is 19.5 Å². The zero-order valence-electron chi connectivity index (χ0n) is 12.6. The SMILES string of the molecule is CCCC(=O)Nc1nc(N)nc2c1ncn2[C@H]1CO[C@@H](CO)O1. The van der Waals surface area contributed by atoms with Crippen LogP contribution in [0.2, 0.25) is 0 Å². The van der Waals surface area contributed by atoms with Crippen molar-refractivity contribution in [1.82, 2.24) is 19.5 Å². The highest BCUT2D eigenvalue weighted by Crippen LogP contribution is 2.27. The summed E-state index contributed by atoms with van der Waals surface area (Å²) in [5.74, 6) is 0.119. The van der Waals surface area contributed by atoms with E-state index >= 15 is 0 Å². The van der Waals surface area contributed by atoms with Crippen molar-refractivity contribution >= 4 is 28.8 Å². The van der Waals surface area contributed by atoms with E-state index in [9.17, 15) is 4.79 Å². The molecule has 3 rings (SSSR count). The molecule has 0 aromatic carbocycles. The lowest BCUT2D eigenvalue weighted by Crippen LogP contribution is -2.16. The van der Waals surface area contributed by atoms with Crippen molar-refractivity contribution < 1.29 is 19.4 Å². The fourth-order valence-corrected chi connectivity index (χ4v) is 2.34. The number of nitrogens with one attached hydrogen (secondary N) is 1. The number of hydrogen-bond donors (Lipinski definition) is 3. The van der Waals surface area contributed by atoms with Crippen LogP contribution < -0.4 is 11.1 Å². The lowest BCUT2D eigenvalue weighted by molar-refractivity contribution is -0.116. The van der Waals surface area contributed by atoms with Gasteiger partial charge in [-0.2, -0.15) is 9.97 Å². The van der Waals surface area contributed by atoms with E-state index in [1.807, 2.05) is 6.92 Å². The summed E-state index contributed by atoms with van der Waals surface area (Å²) < 4.78 is 12.4. The topological polar surface area (TPSA) is 137 Å². The van der Waals surface area contributed by atoms with Gasteiger partial charge in [0.2, 0.25) is 11.9 Å². The number of anilines is 2. The van der Waals surface area contributed by atoms with Crippen LogP contribution in [-0.2, 0) is 14.3 Å². The largest absolute Gasteiger partial charge is 0.391 e. The van der Waals surface area contributed by atoms with Crippen molar-refractivity contribution in [2.45, 2.75) is 32.3 Å². The van der Waals surface area contributed by atoms with E-state index in [1.54, 1.807) is 4.57 Å². The van der Waals surface area contributed by atoms with E-state index in [1.165, 1.54) is 6.33 Å². The van der Waals surface area contributed by atoms with Gasteiger partial charge in [-0.1, -0.05) is 6.92 Å². The van der Waals surface area contributed by atoms with Gasteiger partial charge in [0.1, 0.15) is 0 Å². The number of ether oxygens (including phenoxy) is 2. The van der Waals surface area contributed by atoms with Gasteiger partial charge in [-0.05, 0) is 6.42 Å². The first-order valence-corrected chi connectivity index (χ1v) is 7.30. The van der Waals surface area contributed by atoms with Crippen molar-refractivity contribution in [3.8, 4) is 0 Å². The van der Waals surface area contributed by atoms with Crippen LogP contribution >= 0.6 is 0 Å². The van der Waals surface area contributed by atoms with Crippen LogP contribution in [0.15, 0.2) is 6.33 Å². The van der Waals surface area contributed by atoms with Gasteiger partial charge < -0.3 is 25.6 Å². The van der Waals surface area contributed by atoms with Gasteiger partial charge in [0.25, 0.3) is 0 Å². The lowest BCUT2D eigenvalue weighted by Gasteiger charge is -2.12. The molecule has 1 saturated heterocycles. The summed E-state index contributed by atoms with van der Waals surface area (Å²) in [4.78, 5) is 24.2. The third kappa shape index (κ3) is 3.09. The van der Waals surface area contributed by atoms with E-state index in [0.717, 1.165) is 6.42 Å². The molecule has 0 saturated carbocycles. The molecular weight excluding hydrogens is 304 g/mol. The summed E-state index contributed by atoms with van der Waals surface area (Å²) in [5, 5.41) is 11.8. The monoisotopic (exact) mass is 322 g/mol. The Morgan fingerprint density at radius 3 is 3.09 bits per heavy atom. The number of rotatable bonds is 5. The highest BCUT2D eigenvalue weighted by Gasteiger charge is 2.29. The molecule has 2 aromatic heterocycles. The van der Waals surface area contributed by atoms with E-state index < -0.39 is 12.5 Å². The maximum Gasteiger partial charge on any atom is 0.225 e. The first-order chi connectivity index (χ1) is 11.1. The number of fused-ring (bicyclic) bond motifs is 1. The quantitative estimate of drug-likeness (QED) is 0.700. The summed E-state index contributed by atoms with van der Waals surface area (Å²) in [6, 6.07) is 0. The number of aliphatic hydroxyl groups is 1. The van der Waals surface area contributed by atoms with Gasteiger partial charge in [-0.15, -0.1) is 0 Å². The predicted octanol–water partition coefficient (Wildman–Crippen LogP) is 0.0109. The van der Waals surface area contributed by atoms with Crippen LogP contribution in [0.3, 0.4) is 0 Å². The number of nitrogens with zero attached hydrogens (tertiary/aromatic N) is 4. The molecule has 0 radical (unpaired) electrons. The molecule has 1 aliphatic rings. The van der Waals surface area contributed by atoms with Gasteiger partial charge in [-0.25, -0.2) is 4.98 Å². The Bertz CT molecular complexity index is 718. The number of nitrogen functional groups attached to an aromatic ring is 1. The molecule has 0 bridgehead atoms. The molecule has 10 heteroatoms. The fourth-order valence-electron chi connectivity index (χ4n) is 2.34. The minimum absolute atomic E-state index is 0.0173. The van der Waals surface area contributed by atoms with Crippen LogP contribution in [-0.4, -0.2) is 50.0 Å². The molecule has 0 unspecified atom stereocenters. The smallest absolute Gasteiger partial charge is 0.225 e. The summed E-state index contributed by atoms with van der Waals surface area (Å²) in [6.07, 6.45) is 1.46. The third-order valence-electron chi connectivity index (χ3n) is 3.37. The normalized spacial score (nSPS) is 21.0. The van der Waals surface area contributed by atoms with Crippen LogP contribution in [0.4, 0.5) is 11.8 Å². The summed E-state index contributed by atoms with van der Waals surface area (Å²) in [6.45, 7) is 1.92. The molecule has 1 fully saturated rings. The summed E-state index contributed by atoms with van der Waals surface area (Å²) in [5.41, 5.74) is 6.57. The Labute approximate surface area is 131 Å². The zero-order chi connectivity index (χ0) is 16.4. The number of carbonyl (C=O) groups is 1. The van der Waals surface area contributed by atoms with Crippen LogP contribution in [0, 0.1) is 0 Å². The molecule has 2 aromatic rings. The summed E-state index contributed by atoms with van der Waals surface area (Å²) in [7, 11) is 0. The Morgan fingerprint density at radius 1 is 1.57 bits per heavy atom. The maximum absolute atomic E-state index is 11.8. The van der Waals surface area contributed by atoms with E-state index in [4.69, 9.17) is 20.3 Å². The second kappa shape index (κ2) is 6.44. The van der Waals surface area contributed by atoms with Crippen molar-refractivity contribution in [2.24, 2.45) is 0 Å². The molecule has 0 aliphatic carbocycles. The number of carbonyl (C=O) groups excluding carboxylic acids is 1. The molecule has 23 heavy (non-hydrogen) atoms. The molecule has 0 spiro atoms. The maximum atomic E-state index is 11.8. The second-order valence-corrected chi connectivity index (χ2v) is 5.09. The van der Waals surface area contributed by atoms with Gasteiger partial charge >= 0.3 is 0 Å². The van der Waals surface area contributed by atoms with Crippen molar-refractivity contribution in [1.29, 1.82) is 0 Å². The Balaban J connectivity index is 1.94. The first-order valence-electron chi connectivity index (χ1n) is 7.30. The first kappa shape index (κ1) is 15.6. The number of aliphatic hydroxyl groups excluding tert-OH is 1. The average Bonchev–Trinajstić information content (AvgIpc) is 3.13. The van der Waals surface area contributed by atoms with Gasteiger partial charge in [0, 0.05) is 6.42 Å². The fraction of sp³-hybridized carbons (Fsp3) is 0.538. The summed E-state index contributed by atoms with van der Waals surface area (Å²) >= 11 is 0. The number of nitrogens with two attached hydrogens (primary N) is 1. The minimum atomic E-state index is -0.680. The molecule has 1 amide bonds. The van der Waals surface area contributed by atoms with Gasteiger partial charge in [0.15, 0.2) is 29.5 Å². The van der Waals surface area contributed by atoms with Crippen molar-refractivity contribution in [2.75, 3.05) is 24.3 Å². The standard InChI is InChI=1S/C13H18N6O4/c1-2-3-7(21)16-11-10-12(18-13(14)17-11)19(6-15-10)8-5-22-9(4-20)23-8/h6,8-9,20H,2-5H2,1H3,(H3,14,16,17,18,21)/t8-,9-/m1/s1. The minimum Gasteiger partial charge on any atom is -0.391 e. The molecular formula is C13H18N6O4. The van der Waals surface area contributed by atoms with E-state index in [0.29, 0.717) is 17.6 Å². The molecule has 4 N–H and O–H groups in total. The van der Waals surface area contributed by atoms with E-state index in [2.05, 4.69) is 20.3 Å². The molecule has 10 nitrogen and oxygen atoms in total. The zero-order valence-corrected chi connectivity index (χ0v) is 12.6. The van der Waals surface area contributed by atoms with Crippen molar-refractivity contribution in [3.63, 3.8) is 0 Å². The Morgan fingerprint density at radius 2 is 2.39 bits per heavy atom. The Kier molecular flexibility index (Phi) is 4.37. The molecule has 1 aliphatic heterocycles. The lowest BCUT2D eigenvalue weighted by atomic mass is 10.3. The van der Waals surface area contributed by atoms with Crippen molar-refractivity contribution in [3.05, 3.63) is 6.33 Å². The molecule has 2 atom stereocenters. The molecule has 124 valence electrons. The second-order valence-electron chi connectivity index (χ2n) is 5.09. The van der Waals surface area contributed by atoms with Crippen LogP contribution in [0.1, 0.15) is 26.0 Å². The average molecular weight is 322 g/mol. The van der Waals surface area contributed by atoms with Gasteiger partial charge in [-0.3, -0.25) is 9.36 Å². The van der Waals surface area contributed by atoms with Crippen LogP contribution in [0.5, 0.6) is 0 Å². The van der Waals surface area contributed by atoms with E-state index in [-0.39, 0.29) is 30.9 Å². The third-order valence-corrected chi connectivity index (χ3v) is 3.37. The number of aromatic nitrogens is 4. The van der Waals surface area contributed by atoms with Crippen LogP contribution in [0.25, 0.3) is 11.2 Å². The number of imidazole rings is 1. The Hall–Kier alpha value is -2.30. The predicted molar refractivity (Wildman–Crippen MR) is 80.2 cm³/mol. The highest BCUT2D eigenvalue weighted by atomic mass is 16.7. The number of amides is 1. The highest BCUT2D eigenvalue weighted by molar-refractivity contribution is 5.97.